The fourth-order valence-electron chi connectivity index (χ4n) is 2.20. The molecule has 0 heterocycles. The highest BCUT2D eigenvalue weighted by atomic mass is 19.1. The van der Waals surface area contributed by atoms with E-state index in [2.05, 4.69) is 5.32 Å². The third-order valence-corrected chi connectivity index (χ3v) is 3.55. The van der Waals surface area contributed by atoms with Gasteiger partial charge in [-0.2, -0.15) is 0 Å². The molecule has 2 aromatic rings. The molecule has 2 aromatic carbocycles. The smallest absolute Gasteiger partial charge is 0.224 e. The molecular formula is C19H18FNO3. The third-order valence-electron chi connectivity index (χ3n) is 3.55. The molecule has 0 aliphatic carbocycles. The minimum atomic E-state index is -0.387. The molecule has 2 rings (SSSR count). The molecule has 0 saturated carbocycles. The predicted molar refractivity (Wildman–Crippen MR) is 89.7 cm³/mol. The van der Waals surface area contributed by atoms with E-state index in [0.29, 0.717) is 23.2 Å². The molecule has 0 radical (unpaired) electrons. The van der Waals surface area contributed by atoms with Crippen LogP contribution in [0.3, 0.4) is 0 Å². The quantitative estimate of drug-likeness (QED) is 0.781. The number of rotatable bonds is 7. The van der Waals surface area contributed by atoms with E-state index in [4.69, 9.17) is 0 Å². The van der Waals surface area contributed by atoms with Gasteiger partial charge >= 0.3 is 0 Å². The summed E-state index contributed by atoms with van der Waals surface area (Å²) in [4.78, 5) is 34.9. The molecule has 0 saturated heterocycles. The van der Waals surface area contributed by atoms with Gasteiger partial charge in [0.2, 0.25) is 5.91 Å². The number of Topliss-reactive ketones (excluding diaryl/α,β-unsaturated/α-hetero) is 2. The lowest BCUT2D eigenvalue weighted by Crippen LogP contribution is -2.12. The Morgan fingerprint density at radius 1 is 0.875 bits per heavy atom. The topological polar surface area (TPSA) is 63.2 Å². The van der Waals surface area contributed by atoms with Crippen molar-refractivity contribution in [2.24, 2.45) is 0 Å². The molecule has 5 heteroatoms. The molecule has 0 aromatic heterocycles. The Balaban J connectivity index is 1.77. The highest BCUT2D eigenvalue weighted by molar-refractivity contribution is 5.97. The minimum Gasteiger partial charge on any atom is -0.326 e. The molecule has 1 N–H and O–H groups in total. The Bertz CT molecular complexity index is 736. The van der Waals surface area contributed by atoms with Crippen molar-refractivity contribution in [1.82, 2.24) is 0 Å². The SMILES string of the molecule is CC(=O)c1ccc(NC(=O)CCCC(=O)c2ccc(F)cc2)cc1. The summed E-state index contributed by atoms with van der Waals surface area (Å²) < 4.78 is 12.8. The molecule has 0 atom stereocenters. The van der Waals surface area contributed by atoms with Gasteiger partial charge < -0.3 is 5.32 Å². The van der Waals surface area contributed by atoms with Gasteiger partial charge in [-0.05, 0) is 61.9 Å². The lowest BCUT2D eigenvalue weighted by Gasteiger charge is -2.06. The number of nitrogens with one attached hydrogen (secondary N) is 1. The molecule has 1 amide bonds. The van der Waals surface area contributed by atoms with Gasteiger partial charge in [-0.1, -0.05) is 0 Å². The molecular weight excluding hydrogens is 309 g/mol. The van der Waals surface area contributed by atoms with Crippen LogP contribution in [0.2, 0.25) is 0 Å². The van der Waals surface area contributed by atoms with E-state index < -0.39 is 0 Å². The summed E-state index contributed by atoms with van der Waals surface area (Å²) in [6.07, 6.45) is 0.845. The molecule has 4 nitrogen and oxygen atoms in total. The summed E-state index contributed by atoms with van der Waals surface area (Å²) in [5, 5.41) is 2.72. The van der Waals surface area contributed by atoms with E-state index in [1.54, 1.807) is 24.3 Å². The Kier molecular flexibility index (Phi) is 5.95. The lowest BCUT2D eigenvalue weighted by molar-refractivity contribution is -0.116. The van der Waals surface area contributed by atoms with Crippen LogP contribution in [0.5, 0.6) is 0 Å². The number of carbonyl (C=O) groups excluding carboxylic acids is 3. The highest BCUT2D eigenvalue weighted by Gasteiger charge is 2.08. The van der Waals surface area contributed by atoms with Gasteiger partial charge in [0.05, 0.1) is 0 Å². The number of hydrogen-bond donors (Lipinski definition) is 1. The monoisotopic (exact) mass is 327 g/mol. The zero-order valence-corrected chi connectivity index (χ0v) is 13.3. The van der Waals surface area contributed by atoms with Crippen LogP contribution in [0.1, 0.15) is 46.9 Å². The second-order valence-corrected chi connectivity index (χ2v) is 5.47. The summed E-state index contributed by atoms with van der Waals surface area (Å²) in [5.41, 5.74) is 1.63. The van der Waals surface area contributed by atoms with Gasteiger partial charge in [0.1, 0.15) is 5.82 Å². The predicted octanol–water partition coefficient (Wildman–Crippen LogP) is 4.02. The molecule has 0 aliphatic rings. The summed E-state index contributed by atoms with van der Waals surface area (Å²) in [5.74, 6) is -0.736. The van der Waals surface area contributed by atoms with Crippen molar-refractivity contribution in [1.29, 1.82) is 0 Å². The average molecular weight is 327 g/mol. The van der Waals surface area contributed by atoms with Crippen LogP contribution in [-0.2, 0) is 4.79 Å². The van der Waals surface area contributed by atoms with Crippen molar-refractivity contribution in [3.8, 4) is 0 Å². The first kappa shape index (κ1) is 17.5. The summed E-state index contributed by atoms with van der Waals surface area (Å²) in [7, 11) is 0. The van der Waals surface area contributed by atoms with E-state index in [1.807, 2.05) is 0 Å². The van der Waals surface area contributed by atoms with Crippen molar-refractivity contribution in [3.63, 3.8) is 0 Å². The number of benzene rings is 2. The van der Waals surface area contributed by atoms with Crippen molar-refractivity contribution in [2.45, 2.75) is 26.2 Å². The maximum atomic E-state index is 12.8. The molecule has 0 bridgehead atoms. The van der Waals surface area contributed by atoms with Crippen molar-refractivity contribution >= 4 is 23.2 Å². The Hall–Kier alpha value is -2.82. The maximum Gasteiger partial charge on any atom is 0.224 e. The summed E-state index contributed by atoms with van der Waals surface area (Å²) in [6, 6.07) is 12.0. The second-order valence-electron chi connectivity index (χ2n) is 5.47. The number of amides is 1. The normalized spacial score (nSPS) is 10.2. The molecule has 0 aliphatic heterocycles. The summed E-state index contributed by atoms with van der Waals surface area (Å²) >= 11 is 0. The van der Waals surface area contributed by atoms with E-state index in [9.17, 15) is 18.8 Å². The zero-order valence-electron chi connectivity index (χ0n) is 13.3. The van der Waals surface area contributed by atoms with Gasteiger partial charge in [-0.15, -0.1) is 0 Å². The molecule has 0 unspecified atom stereocenters. The van der Waals surface area contributed by atoms with Crippen LogP contribution >= 0.6 is 0 Å². The second kappa shape index (κ2) is 8.15. The van der Waals surface area contributed by atoms with E-state index in [1.165, 1.54) is 31.2 Å². The minimum absolute atomic E-state index is 0.0350. The number of hydrogen-bond acceptors (Lipinski definition) is 3. The standard InChI is InChI=1S/C19H18FNO3/c1-13(22)14-7-11-17(12-8-14)21-19(24)4-2-3-18(23)15-5-9-16(20)10-6-15/h5-12H,2-4H2,1H3,(H,21,24). The Morgan fingerprint density at radius 3 is 2.04 bits per heavy atom. The average Bonchev–Trinajstić information content (AvgIpc) is 2.55. The number of anilines is 1. The first-order valence-corrected chi connectivity index (χ1v) is 7.65. The number of halogens is 1. The highest BCUT2D eigenvalue weighted by Crippen LogP contribution is 2.12. The first-order valence-electron chi connectivity index (χ1n) is 7.65. The zero-order chi connectivity index (χ0) is 17.5. The van der Waals surface area contributed by atoms with E-state index in [0.717, 1.165) is 0 Å². The summed E-state index contributed by atoms with van der Waals surface area (Å²) in [6.45, 7) is 1.48. The first-order chi connectivity index (χ1) is 11.5. The van der Waals surface area contributed by atoms with Gasteiger partial charge in [0.15, 0.2) is 11.6 Å². The van der Waals surface area contributed by atoms with Crippen LogP contribution in [0.15, 0.2) is 48.5 Å². The molecule has 124 valence electrons. The van der Waals surface area contributed by atoms with Crippen LogP contribution in [0, 0.1) is 5.82 Å². The lowest BCUT2D eigenvalue weighted by atomic mass is 10.1. The van der Waals surface area contributed by atoms with Gasteiger partial charge in [0.25, 0.3) is 0 Å². The van der Waals surface area contributed by atoms with Crippen LogP contribution in [-0.4, -0.2) is 17.5 Å². The van der Waals surface area contributed by atoms with Crippen LogP contribution in [0.25, 0.3) is 0 Å². The molecule has 0 fully saturated rings. The van der Waals surface area contributed by atoms with Gasteiger partial charge in [-0.3, -0.25) is 14.4 Å². The van der Waals surface area contributed by atoms with Crippen LogP contribution < -0.4 is 5.32 Å². The van der Waals surface area contributed by atoms with E-state index in [-0.39, 0.29) is 36.1 Å². The fourth-order valence-corrected chi connectivity index (χ4v) is 2.20. The van der Waals surface area contributed by atoms with Crippen molar-refractivity contribution in [3.05, 3.63) is 65.5 Å². The third kappa shape index (κ3) is 5.12. The largest absolute Gasteiger partial charge is 0.326 e. The van der Waals surface area contributed by atoms with Crippen molar-refractivity contribution < 1.29 is 18.8 Å². The Labute approximate surface area is 139 Å². The van der Waals surface area contributed by atoms with Crippen molar-refractivity contribution in [2.75, 3.05) is 5.32 Å². The fraction of sp³-hybridized carbons (Fsp3) is 0.211. The van der Waals surface area contributed by atoms with E-state index >= 15 is 0 Å². The Morgan fingerprint density at radius 2 is 1.46 bits per heavy atom. The molecule has 24 heavy (non-hydrogen) atoms. The van der Waals surface area contributed by atoms with Gasteiger partial charge in [0, 0.05) is 29.7 Å². The van der Waals surface area contributed by atoms with Crippen LogP contribution in [0.4, 0.5) is 10.1 Å². The molecule has 0 spiro atoms. The number of carbonyl (C=O) groups is 3. The number of ketones is 2. The maximum absolute atomic E-state index is 12.8. The van der Waals surface area contributed by atoms with Gasteiger partial charge in [-0.25, -0.2) is 4.39 Å².